The van der Waals surface area contributed by atoms with Crippen molar-refractivity contribution in [2.75, 3.05) is 26.0 Å². The third kappa shape index (κ3) is 4.63. The van der Waals surface area contributed by atoms with Crippen molar-refractivity contribution in [3.05, 3.63) is 23.2 Å². The van der Waals surface area contributed by atoms with Gasteiger partial charge in [-0.2, -0.15) is 17.7 Å². The van der Waals surface area contributed by atoms with Crippen LogP contribution in [-0.2, 0) is 10.2 Å². The molecule has 9 heteroatoms. The molecule has 0 aliphatic heterocycles. The van der Waals surface area contributed by atoms with E-state index in [1.54, 1.807) is 12.1 Å². The van der Waals surface area contributed by atoms with Gasteiger partial charge in [-0.15, -0.1) is 0 Å². The Morgan fingerprint density at radius 3 is 2.68 bits per heavy atom. The van der Waals surface area contributed by atoms with E-state index in [4.69, 9.17) is 16.0 Å². The quantitative estimate of drug-likeness (QED) is 0.797. The van der Waals surface area contributed by atoms with Gasteiger partial charge in [0.25, 0.3) is 16.2 Å². The lowest BCUT2D eigenvalue weighted by Gasteiger charge is -2.29. The summed E-state index contributed by atoms with van der Waals surface area (Å²) in [6, 6.07) is 6.17. The van der Waals surface area contributed by atoms with Crippen LogP contribution in [0.25, 0.3) is 11.1 Å². The molecular formula is C16H23ClN4O3S. The van der Waals surface area contributed by atoms with Crippen LogP contribution in [0.2, 0.25) is 5.02 Å². The summed E-state index contributed by atoms with van der Waals surface area (Å²) in [4.78, 5) is 4.42. The van der Waals surface area contributed by atoms with Crippen molar-refractivity contribution in [2.24, 2.45) is 5.92 Å². The predicted octanol–water partition coefficient (Wildman–Crippen LogP) is 2.85. The molecule has 1 aliphatic carbocycles. The van der Waals surface area contributed by atoms with E-state index in [-0.39, 0.29) is 6.04 Å². The number of fused-ring (bicyclic) bond motifs is 1. The average molecular weight is 387 g/mol. The molecule has 0 amide bonds. The highest BCUT2D eigenvalue weighted by Crippen LogP contribution is 2.28. The number of oxazole rings is 1. The van der Waals surface area contributed by atoms with Crippen LogP contribution in [-0.4, -0.2) is 44.4 Å². The Kier molecular flexibility index (Phi) is 5.52. The first-order chi connectivity index (χ1) is 11.8. The number of halogens is 1. The van der Waals surface area contributed by atoms with E-state index in [2.05, 4.69) is 15.0 Å². The molecule has 0 spiro atoms. The Morgan fingerprint density at radius 1 is 1.28 bits per heavy atom. The molecule has 1 aromatic carbocycles. The highest BCUT2D eigenvalue weighted by molar-refractivity contribution is 7.87. The predicted molar refractivity (Wildman–Crippen MR) is 99.0 cm³/mol. The molecule has 138 valence electrons. The van der Waals surface area contributed by atoms with E-state index in [1.165, 1.54) is 18.4 Å². The van der Waals surface area contributed by atoms with Gasteiger partial charge < -0.3 is 9.73 Å². The normalized spacial score (nSPS) is 21.8. The van der Waals surface area contributed by atoms with Gasteiger partial charge in [-0.25, -0.2) is 4.72 Å². The van der Waals surface area contributed by atoms with Crippen LogP contribution < -0.4 is 10.0 Å². The molecule has 1 heterocycles. The molecule has 0 bridgehead atoms. The zero-order valence-corrected chi connectivity index (χ0v) is 15.9. The summed E-state index contributed by atoms with van der Waals surface area (Å²) in [6.07, 6.45) is 3.82. The molecule has 1 fully saturated rings. The minimum Gasteiger partial charge on any atom is -0.423 e. The molecule has 2 N–H and O–H groups in total. The number of nitrogens with one attached hydrogen (secondary N) is 2. The van der Waals surface area contributed by atoms with Gasteiger partial charge in [0.2, 0.25) is 0 Å². The van der Waals surface area contributed by atoms with E-state index in [1.807, 2.05) is 6.07 Å². The Balaban J connectivity index is 1.50. The SMILES string of the molecule is CN(C)S(=O)(=O)NCC1CCC(Nc2nc3ccc(Cl)cc3o2)CC1. The van der Waals surface area contributed by atoms with Gasteiger partial charge in [0, 0.05) is 37.8 Å². The number of rotatable bonds is 6. The van der Waals surface area contributed by atoms with Gasteiger partial charge >= 0.3 is 0 Å². The second-order valence-electron chi connectivity index (χ2n) is 6.63. The first kappa shape index (κ1) is 18.4. The van der Waals surface area contributed by atoms with E-state index in [0.29, 0.717) is 29.1 Å². The second kappa shape index (κ2) is 7.49. The maximum atomic E-state index is 11.8. The summed E-state index contributed by atoms with van der Waals surface area (Å²) >= 11 is 5.96. The molecule has 1 aliphatic rings. The molecule has 0 saturated heterocycles. The summed E-state index contributed by atoms with van der Waals surface area (Å²) < 4.78 is 33.1. The topological polar surface area (TPSA) is 87.5 Å². The van der Waals surface area contributed by atoms with E-state index >= 15 is 0 Å². The van der Waals surface area contributed by atoms with Crippen LogP contribution in [0.4, 0.5) is 6.01 Å². The number of nitrogens with zero attached hydrogens (tertiary/aromatic N) is 2. The van der Waals surface area contributed by atoms with Crippen LogP contribution in [0.3, 0.4) is 0 Å². The van der Waals surface area contributed by atoms with Crippen LogP contribution in [0, 0.1) is 5.92 Å². The summed E-state index contributed by atoms with van der Waals surface area (Å²) in [7, 11) is -0.297. The number of anilines is 1. The standard InChI is InChI=1S/C16H23ClN4O3S/c1-21(2)25(22,23)18-10-11-3-6-13(7-4-11)19-16-20-14-8-5-12(17)9-15(14)24-16/h5,8-9,11,13,18H,3-4,6-7,10H2,1-2H3,(H,19,20). The van der Waals surface area contributed by atoms with Gasteiger partial charge in [0.05, 0.1) is 0 Å². The fraction of sp³-hybridized carbons (Fsp3) is 0.562. The van der Waals surface area contributed by atoms with Crippen molar-refractivity contribution in [3.8, 4) is 0 Å². The van der Waals surface area contributed by atoms with E-state index in [0.717, 1.165) is 31.2 Å². The van der Waals surface area contributed by atoms with Crippen LogP contribution in [0.5, 0.6) is 0 Å². The van der Waals surface area contributed by atoms with Crippen molar-refractivity contribution in [3.63, 3.8) is 0 Å². The largest absolute Gasteiger partial charge is 0.423 e. The van der Waals surface area contributed by atoms with Gasteiger partial charge in [-0.05, 0) is 43.7 Å². The summed E-state index contributed by atoms with van der Waals surface area (Å²) in [6.45, 7) is 0.481. The average Bonchev–Trinajstić information content (AvgIpc) is 2.95. The summed E-state index contributed by atoms with van der Waals surface area (Å²) in [5.74, 6) is 0.357. The van der Waals surface area contributed by atoms with Crippen molar-refractivity contribution in [1.82, 2.24) is 14.0 Å². The minimum absolute atomic E-state index is 0.283. The highest BCUT2D eigenvalue weighted by atomic mass is 35.5. The molecule has 3 rings (SSSR count). The van der Waals surface area contributed by atoms with Crippen molar-refractivity contribution in [2.45, 2.75) is 31.7 Å². The highest BCUT2D eigenvalue weighted by Gasteiger charge is 2.24. The zero-order valence-electron chi connectivity index (χ0n) is 14.3. The lowest BCUT2D eigenvalue weighted by Crippen LogP contribution is -2.39. The first-order valence-electron chi connectivity index (χ1n) is 8.33. The molecule has 7 nitrogen and oxygen atoms in total. The lowest BCUT2D eigenvalue weighted by atomic mass is 9.86. The van der Waals surface area contributed by atoms with Crippen molar-refractivity contribution < 1.29 is 12.8 Å². The van der Waals surface area contributed by atoms with Gasteiger partial charge in [0.15, 0.2) is 5.58 Å². The van der Waals surface area contributed by atoms with Crippen molar-refractivity contribution >= 4 is 38.9 Å². The fourth-order valence-corrected chi connectivity index (χ4v) is 3.86. The lowest BCUT2D eigenvalue weighted by molar-refractivity contribution is 0.332. The maximum absolute atomic E-state index is 11.8. The monoisotopic (exact) mass is 386 g/mol. The fourth-order valence-electron chi connectivity index (χ4n) is 3.00. The van der Waals surface area contributed by atoms with Crippen LogP contribution in [0.15, 0.2) is 22.6 Å². The van der Waals surface area contributed by atoms with Crippen LogP contribution in [0.1, 0.15) is 25.7 Å². The summed E-state index contributed by atoms with van der Waals surface area (Å²) in [5, 5.41) is 3.95. The number of aromatic nitrogens is 1. The molecule has 2 aromatic rings. The van der Waals surface area contributed by atoms with E-state index < -0.39 is 10.2 Å². The third-order valence-corrected chi connectivity index (χ3v) is 6.29. The van der Waals surface area contributed by atoms with Crippen LogP contribution >= 0.6 is 11.6 Å². The van der Waals surface area contributed by atoms with Gasteiger partial charge in [-0.3, -0.25) is 0 Å². The third-order valence-electron chi connectivity index (χ3n) is 4.56. The smallest absolute Gasteiger partial charge is 0.295 e. The molecule has 1 saturated carbocycles. The number of hydrogen-bond donors (Lipinski definition) is 2. The zero-order chi connectivity index (χ0) is 18.0. The first-order valence-corrected chi connectivity index (χ1v) is 10.1. The molecule has 0 radical (unpaired) electrons. The molecule has 1 aromatic heterocycles. The molecule has 0 atom stereocenters. The Hall–Kier alpha value is -1.35. The minimum atomic E-state index is -3.35. The van der Waals surface area contributed by atoms with Gasteiger partial charge in [0.1, 0.15) is 5.52 Å². The molecular weight excluding hydrogens is 364 g/mol. The Bertz CT molecular complexity index is 829. The number of hydrogen-bond acceptors (Lipinski definition) is 5. The van der Waals surface area contributed by atoms with Gasteiger partial charge in [-0.1, -0.05) is 11.6 Å². The number of benzene rings is 1. The Morgan fingerprint density at radius 2 is 2.00 bits per heavy atom. The van der Waals surface area contributed by atoms with Crippen molar-refractivity contribution in [1.29, 1.82) is 0 Å². The maximum Gasteiger partial charge on any atom is 0.295 e. The summed E-state index contributed by atoms with van der Waals surface area (Å²) in [5.41, 5.74) is 1.44. The molecule has 0 unspecified atom stereocenters. The van der Waals surface area contributed by atoms with E-state index in [9.17, 15) is 8.42 Å². The second-order valence-corrected chi connectivity index (χ2v) is 9.03. The Labute approximate surface area is 152 Å². The molecule has 25 heavy (non-hydrogen) atoms.